The summed E-state index contributed by atoms with van der Waals surface area (Å²) >= 11 is 5.88. The molecule has 3 nitrogen and oxygen atoms in total. The zero-order valence-electron chi connectivity index (χ0n) is 10.6. The Morgan fingerprint density at radius 3 is 3.00 bits per heavy atom. The fraction of sp³-hybridized carbons (Fsp3) is 0.500. The van der Waals surface area contributed by atoms with Crippen LogP contribution in [0.1, 0.15) is 11.1 Å². The van der Waals surface area contributed by atoms with Crippen LogP contribution in [-0.2, 0) is 16.0 Å². The lowest BCUT2D eigenvalue weighted by Gasteiger charge is -2.34. The number of hydrogen-bond donors (Lipinski definition) is 0. The van der Waals surface area contributed by atoms with Gasteiger partial charge in [-0.3, -0.25) is 4.79 Å². The van der Waals surface area contributed by atoms with E-state index in [1.54, 1.807) is 0 Å². The first kappa shape index (κ1) is 13.4. The van der Waals surface area contributed by atoms with Crippen molar-refractivity contribution in [1.29, 1.82) is 0 Å². The zero-order chi connectivity index (χ0) is 13.0. The minimum atomic E-state index is 0.0111. The molecule has 0 spiro atoms. The molecule has 1 saturated heterocycles. The van der Waals surface area contributed by atoms with Gasteiger partial charge in [0.15, 0.2) is 0 Å². The number of aryl methyl sites for hydroxylation is 1. The summed E-state index contributed by atoms with van der Waals surface area (Å²) < 4.78 is 5.35. The van der Waals surface area contributed by atoms with Crippen LogP contribution in [0.4, 0.5) is 0 Å². The Balaban J connectivity index is 2.05. The molecule has 0 bridgehead atoms. The van der Waals surface area contributed by atoms with E-state index in [-0.39, 0.29) is 11.9 Å². The lowest BCUT2D eigenvalue weighted by Crippen LogP contribution is -2.50. The predicted molar refractivity (Wildman–Crippen MR) is 71.9 cm³/mol. The van der Waals surface area contributed by atoms with Crippen LogP contribution in [0.15, 0.2) is 24.3 Å². The van der Waals surface area contributed by atoms with Crippen molar-refractivity contribution in [2.75, 3.05) is 25.6 Å². The van der Waals surface area contributed by atoms with E-state index in [1.165, 1.54) is 0 Å². The van der Waals surface area contributed by atoms with Crippen LogP contribution in [0.25, 0.3) is 0 Å². The Kier molecular flexibility index (Phi) is 4.61. The van der Waals surface area contributed by atoms with E-state index < -0.39 is 0 Å². The van der Waals surface area contributed by atoms with Gasteiger partial charge >= 0.3 is 0 Å². The minimum absolute atomic E-state index is 0.0111. The summed E-state index contributed by atoms with van der Waals surface area (Å²) in [4.78, 5) is 14.2. The maximum Gasteiger partial charge on any atom is 0.227 e. The van der Waals surface area contributed by atoms with Gasteiger partial charge in [0.2, 0.25) is 5.91 Å². The van der Waals surface area contributed by atoms with Crippen LogP contribution >= 0.6 is 11.6 Å². The van der Waals surface area contributed by atoms with Crippen molar-refractivity contribution in [3.8, 4) is 0 Å². The number of carbonyl (C=O) groups is 1. The topological polar surface area (TPSA) is 29.5 Å². The Morgan fingerprint density at radius 2 is 2.28 bits per heavy atom. The highest BCUT2D eigenvalue weighted by molar-refractivity contribution is 6.18. The van der Waals surface area contributed by atoms with Gasteiger partial charge in [-0.1, -0.05) is 24.3 Å². The van der Waals surface area contributed by atoms with Crippen molar-refractivity contribution in [3.63, 3.8) is 0 Å². The van der Waals surface area contributed by atoms with Crippen molar-refractivity contribution < 1.29 is 9.53 Å². The summed E-state index contributed by atoms with van der Waals surface area (Å²) in [6.07, 6.45) is 0.445. The minimum Gasteiger partial charge on any atom is -0.377 e. The molecule has 1 amide bonds. The number of alkyl halides is 1. The van der Waals surface area contributed by atoms with Crippen LogP contribution < -0.4 is 0 Å². The zero-order valence-corrected chi connectivity index (χ0v) is 11.3. The maximum atomic E-state index is 12.3. The van der Waals surface area contributed by atoms with Crippen molar-refractivity contribution in [2.45, 2.75) is 19.4 Å². The number of morpholine rings is 1. The molecule has 18 heavy (non-hydrogen) atoms. The molecule has 98 valence electrons. The fourth-order valence-electron chi connectivity index (χ4n) is 2.18. The summed E-state index contributed by atoms with van der Waals surface area (Å²) in [7, 11) is 0. The molecule has 2 rings (SSSR count). The maximum absolute atomic E-state index is 12.3. The third kappa shape index (κ3) is 3.03. The second kappa shape index (κ2) is 6.21. The van der Waals surface area contributed by atoms with Crippen molar-refractivity contribution in [3.05, 3.63) is 35.4 Å². The van der Waals surface area contributed by atoms with Gasteiger partial charge in [0.1, 0.15) is 0 Å². The number of amides is 1. The molecule has 1 aromatic carbocycles. The number of rotatable bonds is 3. The first-order chi connectivity index (χ1) is 8.72. The number of nitrogens with zero attached hydrogens (tertiary/aromatic N) is 1. The number of ether oxygens (including phenoxy) is 1. The second-order valence-electron chi connectivity index (χ2n) is 4.57. The lowest BCUT2D eigenvalue weighted by molar-refractivity contribution is -0.138. The summed E-state index contributed by atoms with van der Waals surface area (Å²) in [6.45, 7) is 3.82. The van der Waals surface area contributed by atoms with Crippen molar-refractivity contribution >= 4 is 17.5 Å². The molecule has 1 fully saturated rings. The average molecular weight is 268 g/mol. The molecule has 1 aliphatic rings. The number of carbonyl (C=O) groups excluding carboxylic acids is 1. The molecule has 4 heteroatoms. The normalized spacial score (nSPS) is 19.9. The third-order valence-corrected chi connectivity index (χ3v) is 3.69. The average Bonchev–Trinajstić information content (AvgIpc) is 2.41. The number of benzene rings is 1. The van der Waals surface area contributed by atoms with E-state index in [9.17, 15) is 4.79 Å². The molecular formula is C14H18ClNO2. The highest BCUT2D eigenvalue weighted by atomic mass is 35.5. The molecule has 0 saturated carbocycles. The van der Waals surface area contributed by atoms with Crippen molar-refractivity contribution in [2.24, 2.45) is 0 Å². The molecule has 1 aromatic rings. The largest absolute Gasteiger partial charge is 0.377 e. The third-order valence-electron chi connectivity index (χ3n) is 3.33. The van der Waals surface area contributed by atoms with Gasteiger partial charge in [0, 0.05) is 12.4 Å². The van der Waals surface area contributed by atoms with Gasteiger partial charge in [-0.25, -0.2) is 0 Å². The highest BCUT2D eigenvalue weighted by Gasteiger charge is 2.26. The fourth-order valence-corrected chi connectivity index (χ4v) is 2.44. The molecule has 0 aromatic heterocycles. The van der Waals surface area contributed by atoms with Crippen molar-refractivity contribution in [1.82, 2.24) is 4.90 Å². The summed E-state index contributed by atoms with van der Waals surface area (Å²) in [6, 6.07) is 8.00. The second-order valence-corrected chi connectivity index (χ2v) is 4.88. The summed E-state index contributed by atoms with van der Waals surface area (Å²) in [5.41, 5.74) is 2.24. The Morgan fingerprint density at radius 1 is 1.50 bits per heavy atom. The van der Waals surface area contributed by atoms with Crippen LogP contribution in [-0.4, -0.2) is 42.5 Å². The molecule has 1 heterocycles. The Hall–Kier alpha value is -1.06. The van der Waals surface area contributed by atoms with Gasteiger partial charge in [0.25, 0.3) is 0 Å². The van der Waals surface area contributed by atoms with Gasteiger partial charge < -0.3 is 9.64 Å². The van der Waals surface area contributed by atoms with Crippen LogP contribution in [0.5, 0.6) is 0 Å². The van der Waals surface area contributed by atoms with Gasteiger partial charge in [-0.05, 0) is 18.1 Å². The van der Waals surface area contributed by atoms with Gasteiger partial charge in [-0.15, -0.1) is 11.6 Å². The number of halogens is 1. The Bertz CT molecular complexity index is 422. The first-order valence-corrected chi connectivity index (χ1v) is 6.73. The van der Waals surface area contributed by atoms with E-state index >= 15 is 0 Å². The molecule has 1 aliphatic heterocycles. The molecule has 1 unspecified atom stereocenters. The van der Waals surface area contributed by atoms with Gasteiger partial charge in [0.05, 0.1) is 25.7 Å². The Labute approximate surface area is 113 Å². The smallest absolute Gasteiger partial charge is 0.227 e. The lowest BCUT2D eigenvalue weighted by atomic mass is 10.0. The first-order valence-electron chi connectivity index (χ1n) is 6.20. The quantitative estimate of drug-likeness (QED) is 0.784. The van der Waals surface area contributed by atoms with Crippen LogP contribution in [0.2, 0.25) is 0 Å². The van der Waals surface area contributed by atoms with E-state index in [0.717, 1.165) is 11.1 Å². The summed E-state index contributed by atoms with van der Waals surface area (Å²) in [5.74, 6) is 0.567. The van der Waals surface area contributed by atoms with E-state index in [0.29, 0.717) is 32.1 Å². The molecule has 0 radical (unpaired) electrons. The highest BCUT2D eigenvalue weighted by Crippen LogP contribution is 2.14. The van der Waals surface area contributed by atoms with E-state index in [2.05, 4.69) is 0 Å². The van der Waals surface area contributed by atoms with Crippen LogP contribution in [0, 0.1) is 6.92 Å². The number of hydrogen-bond acceptors (Lipinski definition) is 2. The molecule has 0 aliphatic carbocycles. The van der Waals surface area contributed by atoms with Gasteiger partial charge in [-0.2, -0.15) is 0 Å². The molecule has 1 atom stereocenters. The summed E-state index contributed by atoms with van der Waals surface area (Å²) in [5, 5.41) is 0. The standard InChI is InChI=1S/C14H18ClNO2/c1-11-4-2-3-5-12(11)8-14(17)16-6-7-18-10-13(16)9-15/h2-5,13H,6-10H2,1H3. The molecular weight excluding hydrogens is 250 g/mol. The molecule has 0 N–H and O–H groups in total. The van der Waals surface area contributed by atoms with E-state index in [4.69, 9.17) is 16.3 Å². The SMILES string of the molecule is Cc1ccccc1CC(=O)N1CCOCC1CCl. The monoisotopic (exact) mass is 267 g/mol. The van der Waals surface area contributed by atoms with Crippen LogP contribution in [0.3, 0.4) is 0 Å². The van der Waals surface area contributed by atoms with E-state index in [1.807, 2.05) is 36.1 Å². The predicted octanol–water partition coefficient (Wildman–Crippen LogP) is 2.00.